The molecule has 0 radical (unpaired) electrons. The molecule has 0 amide bonds. The Morgan fingerprint density at radius 2 is 1.17 bits per heavy atom. The van der Waals surface area contributed by atoms with Gasteiger partial charge in [-0.15, -0.1) is 24.8 Å². The minimum absolute atomic E-state index is 0. The van der Waals surface area contributed by atoms with Gasteiger partial charge >= 0.3 is 11.9 Å². The molecule has 0 unspecified atom stereocenters. The molecule has 1 aliphatic rings. The van der Waals surface area contributed by atoms with Crippen LogP contribution < -0.4 is 0 Å². The lowest BCUT2D eigenvalue weighted by Crippen LogP contribution is -2.16. The van der Waals surface area contributed by atoms with Crippen LogP contribution in [-0.2, 0) is 14.9 Å². The summed E-state index contributed by atoms with van der Waals surface area (Å²) in [7, 11) is 0. The van der Waals surface area contributed by atoms with Gasteiger partial charge < -0.3 is 19.7 Å². The Morgan fingerprint density at radius 3 is 1.38 bits per heavy atom. The van der Waals surface area contributed by atoms with Gasteiger partial charge in [0, 0.05) is 0 Å². The van der Waals surface area contributed by atoms with E-state index in [1.165, 1.54) is 18.2 Å². The van der Waals surface area contributed by atoms with E-state index in [9.17, 15) is 9.59 Å². The Morgan fingerprint density at radius 1 is 0.833 bits per heavy atom. The molecule has 24 heavy (non-hydrogen) atoms. The smallest absolute Gasteiger partial charge is 0.335 e. The van der Waals surface area contributed by atoms with Gasteiger partial charge in [0.1, 0.15) is 0 Å². The van der Waals surface area contributed by atoms with E-state index in [0.29, 0.717) is 5.56 Å². The second-order valence-corrected chi connectivity index (χ2v) is 5.88. The summed E-state index contributed by atoms with van der Waals surface area (Å²) in [4.78, 5) is 21.7. The van der Waals surface area contributed by atoms with Gasteiger partial charge in [0.25, 0.3) is 0 Å². The minimum Gasteiger partial charge on any atom is -0.478 e. The standard InChI is InChI=1S/C12H14O4.C4H8O2.2ClH/c1-12(2,3)9-5-7(10(13)14)4-8(6-9)11(15)16;1-2-6-4-3-5-1;;/h4-6H,1-3H3,(H,13,14)(H,15,16);1-4H2;2*1H. The molecule has 1 aromatic rings. The highest BCUT2D eigenvalue weighted by atomic mass is 35.5. The van der Waals surface area contributed by atoms with Crippen LogP contribution in [0.15, 0.2) is 18.2 Å². The van der Waals surface area contributed by atoms with Crippen molar-refractivity contribution in [2.24, 2.45) is 0 Å². The second-order valence-electron chi connectivity index (χ2n) is 5.88. The van der Waals surface area contributed by atoms with Crippen LogP contribution in [0.3, 0.4) is 0 Å². The molecule has 0 spiro atoms. The van der Waals surface area contributed by atoms with Crippen LogP contribution >= 0.6 is 24.8 Å². The maximum atomic E-state index is 10.9. The monoisotopic (exact) mass is 382 g/mol. The van der Waals surface area contributed by atoms with Gasteiger partial charge in [-0.3, -0.25) is 0 Å². The van der Waals surface area contributed by atoms with Crippen LogP contribution in [0.4, 0.5) is 0 Å². The van der Waals surface area contributed by atoms with Crippen LogP contribution in [0.2, 0.25) is 0 Å². The fourth-order valence-electron chi connectivity index (χ4n) is 1.75. The van der Waals surface area contributed by atoms with Crippen molar-refractivity contribution in [2.45, 2.75) is 26.2 Å². The summed E-state index contributed by atoms with van der Waals surface area (Å²) in [6, 6.07) is 4.18. The van der Waals surface area contributed by atoms with Gasteiger partial charge in [0.15, 0.2) is 0 Å². The van der Waals surface area contributed by atoms with E-state index in [-0.39, 0.29) is 41.4 Å². The highest BCUT2D eigenvalue weighted by molar-refractivity contribution is 5.94. The molecule has 0 atom stereocenters. The van der Waals surface area contributed by atoms with E-state index in [2.05, 4.69) is 0 Å². The van der Waals surface area contributed by atoms with E-state index in [0.717, 1.165) is 26.4 Å². The van der Waals surface area contributed by atoms with Crippen molar-refractivity contribution < 1.29 is 29.3 Å². The average Bonchev–Trinajstić information content (AvgIpc) is 2.48. The molecule has 138 valence electrons. The average molecular weight is 383 g/mol. The molecule has 6 nitrogen and oxygen atoms in total. The van der Waals surface area contributed by atoms with Gasteiger partial charge in [-0.05, 0) is 29.2 Å². The third-order valence-electron chi connectivity index (χ3n) is 3.04. The lowest BCUT2D eigenvalue weighted by Gasteiger charge is -2.20. The first-order valence-corrected chi connectivity index (χ1v) is 6.99. The van der Waals surface area contributed by atoms with Crippen molar-refractivity contribution >= 4 is 36.8 Å². The topological polar surface area (TPSA) is 93.1 Å². The summed E-state index contributed by atoms with van der Waals surface area (Å²) in [5.74, 6) is -2.23. The molecule has 1 fully saturated rings. The van der Waals surface area contributed by atoms with Crippen molar-refractivity contribution in [1.29, 1.82) is 0 Å². The number of halogens is 2. The largest absolute Gasteiger partial charge is 0.478 e. The number of benzene rings is 1. The van der Waals surface area contributed by atoms with E-state index in [1.807, 2.05) is 20.8 Å². The fourth-order valence-corrected chi connectivity index (χ4v) is 1.75. The quantitative estimate of drug-likeness (QED) is 0.815. The van der Waals surface area contributed by atoms with E-state index >= 15 is 0 Å². The molecule has 2 N–H and O–H groups in total. The summed E-state index contributed by atoms with van der Waals surface area (Å²) in [6.45, 7) is 8.82. The van der Waals surface area contributed by atoms with Crippen LogP contribution in [0, 0.1) is 0 Å². The first-order valence-electron chi connectivity index (χ1n) is 6.99. The van der Waals surface area contributed by atoms with Gasteiger partial charge in [-0.2, -0.15) is 0 Å². The first-order chi connectivity index (χ1) is 10.2. The number of carboxylic acid groups (broad SMARTS) is 2. The molecule has 0 aliphatic carbocycles. The number of ether oxygens (including phenoxy) is 2. The van der Waals surface area contributed by atoms with Crippen LogP contribution in [-0.4, -0.2) is 48.6 Å². The SMILES string of the molecule is C1COCCO1.CC(C)(C)c1cc(C(=O)O)cc(C(=O)O)c1.Cl.Cl. The van der Waals surface area contributed by atoms with E-state index in [4.69, 9.17) is 19.7 Å². The molecule has 1 aliphatic heterocycles. The van der Waals surface area contributed by atoms with Crippen molar-refractivity contribution in [2.75, 3.05) is 26.4 Å². The molecule has 0 saturated carbocycles. The van der Waals surface area contributed by atoms with Crippen molar-refractivity contribution in [1.82, 2.24) is 0 Å². The summed E-state index contributed by atoms with van der Waals surface area (Å²) < 4.78 is 9.89. The fraction of sp³-hybridized carbons (Fsp3) is 0.500. The zero-order chi connectivity index (χ0) is 16.8. The van der Waals surface area contributed by atoms with Gasteiger partial charge in [0.05, 0.1) is 37.6 Å². The Hall–Kier alpha value is -1.34. The molecule has 1 saturated heterocycles. The number of hydrogen-bond donors (Lipinski definition) is 2. The molecule has 2 rings (SSSR count). The lowest BCUT2D eigenvalue weighted by molar-refractivity contribution is -0.0334. The van der Waals surface area contributed by atoms with Gasteiger partial charge in [-0.25, -0.2) is 9.59 Å². The highest BCUT2D eigenvalue weighted by Crippen LogP contribution is 2.24. The first kappa shape index (κ1) is 24.9. The highest BCUT2D eigenvalue weighted by Gasteiger charge is 2.19. The lowest BCUT2D eigenvalue weighted by atomic mass is 9.85. The van der Waals surface area contributed by atoms with Gasteiger partial charge in [-0.1, -0.05) is 20.8 Å². The third-order valence-corrected chi connectivity index (χ3v) is 3.04. The normalized spacial score (nSPS) is 13.5. The Labute approximate surface area is 154 Å². The number of rotatable bonds is 2. The van der Waals surface area contributed by atoms with Crippen LogP contribution in [0.5, 0.6) is 0 Å². The maximum absolute atomic E-state index is 10.9. The third kappa shape index (κ3) is 8.49. The van der Waals surface area contributed by atoms with Crippen LogP contribution in [0.1, 0.15) is 47.1 Å². The molecule has 0 bridgehead atoms. The summed E-state index contributed by atoms with van der Waals surface area (Å²) in [5.41, 5.74) is 0.426. The summed E-state index contributed by atoms with van der Waals surface area (Å²) >= 11 is 0. The molecular formula is C16H24Cl2O6. The number of hydrogen-bond acceptors (Lipinski definition) is 4. The molecule has 0 aromatic heterocycles. The molecule has 1 aromatic carbocycles. The van der Waals surface area contributed by atoms with Crippen molar-refractivity contribution in [3.63, 3.8) is 0 Å². The van der Waals surface area contributed by atoms with E-state index < -0.39 is 11.9 Å². The van der Waals surface area contributed by atoms with E-state index in [1.54, 1.807) is 0 Å². The maximum Gasteiger partial charge on any atom is 0.335 e. The van der Waals surface area contributed by atoms with Crippen LogP contribution in [0.25, 0.3) is 0 Å². The molecule has 1 heterocycles. The minimum atomic E-state index is -1.12. The summed E-state index contributed by atoms with van der Waals surface area (Å²) in [6.07, 6.45) is 0. The van der Waals surface area contributed by atoms with Crippen molar-refractivity contribution in [3.8, 4) is 0 Å². The zero-order valence-corrected chi connectivity index (χ0v) is 15.5. The molecule has 8 heteroatoms. The Kier molecular flexibility index (Phi) is 11.7. The number of aromatic carboxylic acids is 2. The number of carbonyl (C=O) groups is 2. The molecular weight excluding hydrogens is 359 g/mol. The predicted molar refractivity (Wildman–Crippen MR) is 95.2 cm³/mol. The second kappa shape index (κ2) is 11.3. The predicted octanol–water partition coefficient (Wildman–Crippen LogP) is 3.26. The zero-order valence-electron chi connectivity index (χ0n) is 13.9. The number of carboxylic acids is 2. The van der Waals surface area contributed by atoms with Gasteiger partial charge in [0.2, 0.25) is 0 Å². The Bertz CT molecular complexity index is 492. The summed E-state index contributed by atoms with van der Waals surface area (Å²) in [5, 5.41) is 17.8. The Balaban J connectivity index is 0. The van der Waals surface area contributed by atoms with Crippen molar-refractivity contribution in [3.05, 3.63) is 34.9 Å².